The predicted molar refractivity (Wildman–Crippen MR) is 131 cm³/mol. The lowest BCUT2D eigenvalue weighted by Crippen LogP contribution is -2.18. The molecule has 1 N–H and O–H groups in total. The minimum atomic E-state index is -0.203. The van der Waals surface area contributed by atoms with Crippen LogP contribution in [-0.4, -0.2) is 39.6 Å². The summed E-state index contributed by atoms with van der Waals surface area (Å²) in [5, 5.41) is 14.7. The van der Waals surface area contributed by atoms with Crippen LogP contribution in [0.4, 0.5) is 5.69 Å². The standard InChI is InChI=1S/C23H19ClN4O3S2/c24-16-11-18-19(31-9-8-30-18)12-17(16)25-21(29)14-33-23-27-26-22(20-7-4-10-32-20)28(23)13-15-5-2-1-3-6-15/h1-7,10-12H,8-9,13-14H2,(H,25,29). The third-order valence-electron chi connectivity index (χ3n) is 4.88. The van der Waals surface area contributed by atoms with Gasteiger partial charge in [-0.15, -0.1) is 21.5 Å². The number of anilines is 1. The number of aromatic nitrogens is 3. The molecule has 1 amide bonds. The van der Waals surface area contributed by atoms with Crippen molar-refractivity contribution in [2.45, 2.75) is 11.7 Å². The molecule has 0 fully saturated rings. The van der Waals surface area contributed by atoms with E-state index in [9.17, 15) is 4.79 Å². The second kappa shape index (κ2) is 9.86. The van der Waals surface area contributed by atoms with Crippen LogP contribution in [0.5, 0.6) is 11.5 Å². The van der Waals surface area contributed by atoms with E-state index in [1.54, 1.807) is 23.5 Å². The van der Waals surface area contributed by atoms with Gasteiger partial charge in [0.15, 0.2) is 22.5 Å². The molecule has 0 aliphatic carbocycles. The number of hydrogen-bond acceptors (Lipinski definition) is 7. The Morgan fingerprint density at radius 1 is 1.09 bits per heavy atom. The SMILES string of the molecule is O=C(CSc1nnc(-c2cccs2)n1Cc1ccccc1)Nc1cc2c(cc1Cl)OCCO2. The Hall–Kier alpha value is -3.01. The highest BCUT2D eigenvalue weighted by atomic mass is 35.5. The molecule has 33 heavy (non-hydrogen) atoms. The summed E-state index contributed by atoms with van der Waals surface area (Å²) in [5.74, 6) is 1.88. The van der Waals surface area contributed by atoms with Crippen molar-refractivity contribution >= 4 is 46.3 Å². The quantitative estimate of drug-likeness (QED) is 0.352. The van der Waals surface area contributed by atoms with E-state index in [2.05, 4.69) is 27.6 Å². The van der Waals surface area contributed by atoms with Crippen molar-refractivity contribution in [1.29, 1.82) is 0 Å². The molecular formula is C23H19ClN4O3S2. The Bertz CT molecular complexity index is 1260. The fourth-order valence-electron chi connectivity index (χ4n) is 3.37. The van der Waals surface area contributed by atoms with Crippen molar-refractivity contribution < 1.29 is 14.3 Å². The molecule has 0 atom stereocenters. The number of nitrogens with zero attached hydrogens (tertiary/aromatic N) is 3. The predicted octanol–water partition coefficient (Wildman–Crippen LogP) is 5.21. The van der Waals surface area contributed by atoms with Crippen LogP contribution in [0.2, 0.25) is 5.02 Å². The molecule has 10 heteroatoms. The van der Waals surface area contributed by atoms with Crippen LogP contribution < -0.4 is 14.8 Å². The van der Waals surface area contributed by atoms with E-state index in [4.69, 9.17) is 21.1 Å². The lowest BCUT2D eigenvalue weighted by Gasteiger charge is -2.20. The number of hydrogen-bond donors (Lipinski definition) is 1. The highest BCUT2D eigenvalue weighted by molar-refractivity contribution is 7.99. The smallest absolute Gasteiger partial charge is 0.234 e. The first-order chi connectivity index (χ1) is 16.2. The Morgan fingerprint density at radius 2 is 1.88 bits per heavy atom. The molecule has 2 aromatic heterocycles. The van der Waals surface area contributed by atoms with E-state index in [0.717, 1.165) is 16.3 Å². The van der Waals surface area contributed by atoms with E-state index in [0.29, 0.717) is 47.1 Å². The van der Waals surface area contributed by atoms with Crippen LogP contribution >= 0.6 is 34.7 Å². The van der Waals surface area contributed by atoms with Gasteiger partial charge in [-0.05, 0) is 17.0 Å². The Morgan fingerprint density at radius 3 is 2.64 bits per heavy atom. The molecule has 1 aliphatic heterocycles. The highest BCUT2D eigenvalue weighted by Crippen LogP contribution is 2.38. The number of nitrogens with one attached hydrogen (secondary N) is 1. The first kappa shape index (κ1) is 21.8. The average molecular weight is 499 g/mol. The van der Waals surface area contributed by atoms with Crippen molar-refractivity contribution in [3.63, 3.8) is 0 Å². The normalized spacial score (nSPS) is 12.5. The zero-order valence-electron chi connectivity index (χ0n) is 17.4. The minimum Gasteiger partial charge on any atom is -0.486 e. The Labute approximate surface area is 203 Å². The molecule has 0 saturated carbocycles. The first-order valence-electron chi connectivity index (χ1n) is 10.2. The lowest BCUT2D eigenvalue weighted by atomic mass is 10.2. The Balaban J connectivity index is 1.32. The van der Waals surface area contributed by atoms with Crippen LogP contribution in [0, 0.1) is 0 Å². The monoisotopic (exact) mass is 498 g/mol. The number of halogens is 1. The van der Waals surface area contributed by atoms with Gasteiger partial charge in [0, 0.05) is 12.1 Å². The number of ether oxygens (including phenoxy) is 2. The molecule has 5 rings (SSSR count). The number of carbonyl (C=O) groups excluding carboxylic acids is 1. The van der Waals surface area contributed by atoms with Crippen LogP contribution in [0.3, 0.4) is 0 Å². The van der Waals surface area contributed by atoms with E-state index >= 15 is 0 Å². The van der Waals surface area contributed by atoms with Gasteiger partial charge < -0.3 is 14.8 Å². The molecule has 0 unspecified atom stereocenters. The topological polar surface area (TPSA) is 78.3 Å². The average Bonchev–Trinajstić information content (AvgIpc) is 3.49. The van der Waals surface area contributed by atoms with Gasteiger partial charge in [0.25, 0.3) is 0 Å². The maximum atomic E-state index is 12.7. The molecular weight excluding hydrogens is 480 g/mol. The van der Waals surface area contributed by atoms with Crippen LogP contribution in [-0.2, 0) is 11.3 Å². The van der Waals surface area contributed by atoms with E-state index < -0.39 is 0 Å². The molecule has 0 bridgehead atoms. The van der Waals surface area contributed by atoms with Crippen molar-refractivity contribution in [3.8, 4) is 22.2 Å². The molecule has 1 aliphatic rings. The summed E-state index contributed by atoms with van der Waals surface area (Å²) in [5.41, 5.74) is 1.61. The maximum absolute atomic E-state index is 12.7. The number of carbonyl (C=O) groups is 1. The molecule has 7 nitrogen and oxygen atoms in total. The van der Waals surface area contributed by atoms with E-state index in [1.807, 2.05) is 40.3 Å². The Kier molecular flexibility index (Phi) is 6.52. The van der Waals surface area contributed by atoms with Gasteiger partial charge >= 0.3 is 0 Å². The van der Waals surface area contributed by atoms with Crippen LogP contribution in [0.25, 0.3) is 10.7 Å². The minimum absolute atomic E-state index is 0.155. The van der Waals surface area contributed by atoms with Gasteiger partial charge in [-0.3, -0.25) is 9.36 Å². The number of amides is 1. The van der Waals surface area contributed by atoms with Crippen molar-refractivity contribution in [1.82, 2.24) is 14.8 Å². The van der Waals surface area contributed by atoms with Gasteiger partial charge in [0.2, 0.25) is 5.91 Å². The second-order valence-corrected chi connectivity index (χ2v) is 9.47. The zero-order chi connectivity index (χ0) is 22.6. The number of rotatable bonds is 7. The number of benzene rings is 2. The van der Waals surface area contributed by atoms with Crippen molar-refractivity contribution in [2.75, 3.05) is 24.3 Å². The first-order valence-corrected chi connectivity index (χ1v) is 12.4. The lowest BCUT2D eigenvalue weighted by molar-refractivity contribution is -0.113. The summed E-state index contributed by atoms with van der Waals surface area (Å²) in [6.45, 7) is 1.54. The summed E-state index contributed by atoms with van der Waals surface area (Å²) in [4.78, 5) is 13.7. The van der Waals surface area contributed by atoms with E-state index in [1.165, 1.54) is 11.8 Å². The van der Waals surface area contributed by atoms with Gasteiger partial charge in [-0.25, -0.2) is 0 Å². The maximum Gasteiger partial charge on any atom is 0.234 e. The van der Waals surface area contributed by atoms with Crippen molar-refractivity contribution in [3.05, 3.63) is 70.6 Å². The van der Waals surface area contributed by atoms with Gasteiger partial charge in [-0.1, -0.05) is 59.8 Å². The molecule has 0 saturated heterocycles. The summed E-state index contributed by atoms with van der Waals surface area (Å²) < 4.78 is 13.1. The fraction of sp³-hybridized carbons (Fsp3) is 0.174. The molecule has 168 valence electrons. The van der Waals surface area contributed by atoms with Crippen LogP contribution in [0.15, 0.2) is 65.1 Å². The van der Waals surface area contributed by atoms with Gasteiger partial charge in [0.1, 0.15) is 13.2 Å². The largest absolute Gasteiger partial charge is 0.486 e. The molecule has 2 aromatic carbocycles. The number of thioether (sulfide) groups is 1. The second-order valence-electron chi connectivity index (χ2n) is 7.17. The third-order valence-corrected chi connectivity index (χ3v) is 7.03. The zero-order valence-corrected chi connectivity index (χ0v) is 19.8. The molecule has 4 aromatic rings. The third kappa shape index (κ3) is 5.00. The number of thiophene rings is 1. The van der Waals surface area contributed by atoms with E-state index in [-0.39, 0.29) is 11.7 Å². The fourth-order valence-corrected chi connectivity index (χ4v) is 5.02. The van der Waals surface area contributed by atoms with Crippen molar-refractivity contribution in [2.24, 2.45) is 0 Å². The summed E-state index contributed by atoms with van der Waals surface area (Å²) in [6, 6.07) is 17.4. The summed E-state index contributed by atoms with van der Waals surface area (Å²) >= 11 is 9.25. The van der Waals surface area contributed by atoms with Gasteiger partial charge in [0.05, 0.1) is 27.9 Å². The molecule has 0 spiro atoms. The summed E-state index contributed by atoms with van der Waals surface area (Å²) in [7, 11) is 0. The molecule has 0 radical (unpaired) electrons. The summed E-state index contributed by atoms with van der Waals surface area (Å²) in [6.07, 6.45) is 0. The highest BCUT2D eigenvalue weighted by Gasteiger charge is 2.19. The van der Waals surface area contributed by atoms with Crippen LogP contribution in [0.1, 0.15) is 5.56 Å². The molecule has 3 heterocycles. The number of fused-ring (bicyclic) bond motifs is 1. The van der Waals surface area contributed by atoms with Gasteiger partial charge in [-0.2, -0.15) is 0 Å².